The van der Waals surface area contributed by atoms with E-state index < -0.39 is 5.54 Å². The average Bonchev–Trinajstić information content (AvgIpc) is 3.15. The molecule has 22 heavy (non-hydrogen) atoms. The molecule has 0 bridgehead atoms. The van der Waals surface area contributed by atoms with E-state index in [1.807, 2.05) is 19.1 Å². The second-order valence-corrected chi connectivity index (χ2v) is 7.12. The number of rotatable bonds is 5. The van der Waals surface area contributed by atoms with Gasteiger partial charge in [0.05, 0.1) is 11.6 Å². The third-order valence-electron chi connectivity index (χ3n) is 3.84. The van der Waals surface area contributed by atoms with E-state index in [4.69, 9.17) is 10.5 Å². The zero-order valence-electron chi connectivity index (χ0n) is 13.8. The number of hydrogen-bond donors (Lipinski definition) is 2. The molecule has 1 atom stereocenters. The first-order valence-corrected chi connectivity index (χ1v) is 7.54. The fourth-order valence-electron chi connectivity index (χ4n) is 2.04. The quantitative estimate of drug-likeness (QED) is 0.874. The minimum Gasteiger partial charge on any atom is -0.491 e. The standard InChI is InChI=1S/C17H26N2O2.ClH/c1-12(19-15(20)17(18)9-10-17)11-21-14-7-5-13(6-8-14)16(2,3)4;/h5-8,12H,9-11,18H2,1-4H3,(H,19,20);1H. The Morgan fingerprint density at radius 2 is 1.86 bits per heavy atom. The van der Waals surface area contributed by atoms with Gasteiger partial charge in [-0.15, -0.1) is 12.4 Å². The average molecular weight is 327 g/mol. The number of benzene rings is 1. The van der Waals surface area contributed by atoms with Crippen LogP contribution in [0.4, 0.5) is 0 Å². The number of hydrogen-bond acceptors (Lipinski definition) is 3. The first kappa shape index (κ1) is 18.8. The lowest BCUT2D eigenvalue weighted by Crippen LogP contribution is -2.47. The molecule has 4 nitrogen and oxygen atoms in total. The van der Waals surface area contributed by atoms with Crippen LogP contribution in [0.2, 0.25) is 0 Å². The molecule has 0 aromatic heterocycles. The van der Waals surface area contributed by atoms with Crippen molar-refractivity contribution in [3.05, 3.63) is 29.8 Å². The van der Waals surface area contributed by atoms with Crippen molar-refractivity contribution in [1.29, 1.82) is 0 Å². The van der Waals surface area contributed by atoms with E-state index >= 15 is 0 Å². The molecule has 0 heterocycles. The summed E-state index contributed by atoms with van der Waals surface area (Å²) in [6.45, 7) is 8.91. The predicted molar refractivity (Wildman–Crippen MR) is 91.6 cm³/mol. The summed E-state index contributed by atoms with van der Waals surface area (Å²) in [5, 5.41) is 2.90. The lowest BCUT2D eigenvalue weighted by Gasteiger charge is -2.20. The molecule has 1 aliphatic rings. The van der Waals surface area contributed by atoms with Crippen LogP contribution < -0.4 is 15.8 Å². The largest absolute Gasteiger partial charge is 0.491 e. The molecule has 5 heteroatoms. The van der Waals surface area contributed by atoms with Gasteiger partial charge in [-0.1, -0.05) is 32.9 Å². The summed E-state index contributed by atoms with van der Waals surface area (Å²) >= 11 is 0. The van der Waals surface area contributed by atoms with E-state index in [2.05, 4.69) is 38.2 Å². The van der Waals surface area contributed by atoms with Gasteiger partial charge in [0.15, 0.2) is 0 Å². The van der Waals surface area contributed by atoms with E-state index in [1.54, 1.807) is 0 Å². The van der Waals surface area contributed by atoms with Gasteiger partial charge in [0.25, 0.3) is 0 Å². The summed E-state index contributed by atoms with van der Waals surface area (Å²) in [5.41, 5.74) is 6.64. The SMILES string of the molecule is CC(COc1ccc(C(C)(C)C)cc1)NC(=O)C1(N)CC1.Cl. The molecule has 3 N–H and O–H groups in total. The maximum absolute atomic E-state index is 11.8. The summed E-state index contributed by atoms with van der Waals surface area (Å²) in [6, 6.07) is 8.05. The van der Waals surface area contributed by atoms with Crippen molar-refractivity contribution in [2.75, 3.05) is 6.61 Å². The molecular weight excluding hydrogens is 300 g/mol. The fourth-order valence-corrected chi connectivity index (χ4v) is 2.04. The fraction of sp³-hybridized carbons (Fsp3) is 0.588. The zero-order valence-corrected chi connectivity index (χ0v) is 14.6. The predicted octanol–water partition coefficient (Wildman–Crippen LogP) is 2.78. The van der Waals surface area contributed by atoms with Crippen LogP contribution in [0.15, 0.2) is 24.3 Å². The molecular formula is C17H27ClN2O2. The van der Waals surface area contributed by atoms with Gasteiger partial charge >= 0.3 is 0 Å². The molecule has 1 saturated carbocycles. The number of halogens is 1. The van der Waals surface area contributed by atoms with Gasteiger partial charge in [0.1, 0.15) is 12.4 Å². The van der Waals surface area contributed by atoms with E-state index in [0.717, 1.165) is 18.6 Å². The van der Waals surface area contributed by atoms with Gasteiger partial charge in [0.2, 0.25) is 5.91 Å². The highest BCUT2D eigenvalue weighted by Gasteiger charge is 2.46. The van der Waals surface area contributed by atoms with Crippen LogP contribution >= 0.6 is 12.4 Å². The van der Waals surface area contributed by atoms with Crippen LogP contribution in [0, 0.1) is 0 Å². The Balaban J connectivity index is 0.00000242. The van der Waals surface area contributed by atoms with Crippen LogP contribution in [0.5, 0.6) is 5.75 Å². The Bertz CT molecular complexity index is 504. The molecule has 1 fully saturated rings. The van der Waals surface area contributed by atoms with Gasteiger partial charge in [-0.2, -0.15) is 0 Å². The number of nitrogens with one attached hydrogen (secondary N) is 1. The number of carbonyl (C=O) groups excluding carboxylic acids is 1. The minimum atomic E-state index is -0.622. The van der Waals surface area contributed by atoms with Crippen molar-refractivity contribution in [3.8, 4) is 5.75 Å². The molecule has 2 rings (SSSR count). The summed E-state index contributed by atoms with van der Waals surface area (Å²) < 4.78 is 5.71. The van der Waals surface area contributed by atoms with Crippen LogP contribution in [0.1, 0.15) is 46.1 Å². The first-order valence-electron chi connectivity index (χ1n) is 7.54. The second-order valence-electron chi connectivity index (χ2n) is 7.12. The van der Waals surface area contributed by atoms with Crippen molar-refractivity contribution in [1.82, 2.24) is 5.32 Å². The van der Waals surface area contributed by atoms with Crippen LogP contribution in [-0.2, 0) is 10.2 Å². The topological polar surface area (TPSA) is 64.3 Å². The maximum Gasteiger partial charge on any atom is 0.240 e. The van der Waals surface area contributed by atoms with E-state index in [0.29, 0.717) is 6.61 Å². The van der Waals surface area contributed by atoms with E-state index in [9.17, 15) is 4.79 Å². The van der Waals surface area contributed by atoms with Gasteiger partial charge in [-0.25, -0.2) is 0 Å². The highest BCUT2D eigenvalue weighted by molar-refractivity contribution is 5.89. The molecule has 0 saturated heterocycles. The van der Waals surface area contributed by atoms with Gasteiger partial charge < -0.3 is 15.8 Å². The number of nitrogens with two attached hydrogens (primary N) is 1. The number of carbonyl (C=O) groups is 1. The molecule has 1 aliphatic carbocycles. The van der Waals surface area contributed by atoms with E-state index in [1.165, 1.54) is 5.56 Å². The van der Waals surface area contributed by atoms with Crippen molar-refractivity contribution in [3.63, 3.8) is 0 Å². The van der Waals surface area contributed by atoms with Crippen LogP contribution in [0.25, 0.3) is 0 Å². The summed E-state index contributed by atoms with van der Waals surface area (Å²) in [7, 11) is 0. The molecule has 1 amide bonds. The molecule has 0 radical (unpaired) electrons. The van der Waals surface area contributed by atoms with Crippen LogP contribution in [-0.4, -0.2) is 24.1 Å². The monoisotopic (exact) mass is 326 g/mol. The number of amides is 1. The lowest BCUT2D eigenvalue weighted by molar-refractivity contribution is -0.124. The first-order chi connectivity index (χ1) is 9.71. The van der Waals surface area contributed by atoms with Gasteiger partial charge in [-0.3, -0.25) is 4.79 Å². The lowest BCUT2D eigenvalue weighted by atomic mass is 9.87. The molecule has 0 spiro atoms. The molecule has 1 unspecified atom stereocenters. The smallest absolute Gasteiger partial charge is 0.240 e. The maximum atomic E-state index is 11.8. The van der Waals surface area contributed by atoms with Crippen molar-refractivity contribution < 1.29 is 9.53 Å². The Morgan fingerprint density at radius 3 is 2.32 bits per heavy atom. The third kappa shape index (κ3) is 4.89. The van der Waals surface area contributed by atoms with Gasteiger partial charge in [0, 0.05) is 0 Å². The Kier molecular flexibility index (Phi) is 5.88. The van der Waals surface area contributed by atoms with Gasteiger partial charge in [-0.05, 0) is 42.9 Å². The van der Waals surface area contributed by atoms with Crippen LogP contribution in [0.3, 0.4) is 0 Å². The Labute approximate surface area is 139 Å². The summed E-state index contributed by atoms with van der Waals surface area (Å²) in [4.78, 5) is 11.8. The molecule has 1 aromatic rings. The highest BCUT2D eigenvalue weighted by atomic mass is 35.5. The summed E-state index contributed by atoms with van der Waals surface area (Å²) in [6.07, 6.45) is 1.56. The highest BCUT2D eigenvalue weighted by Crippen LogP contribution is 2.32. The third-order valence-corrected chi connectivity index (χ3v) is 3.84. The molecule has 124 valence electrons. The number of ether oxygens (including phenoxy) is 1. The van der Waals surface area contributed by atoms with E-state index in [-0.39, 0.29) is 29.8 Å². The molecule has 1 aromatic carbocycles. The Hall–Kier alpha value is -1.26. The molecule has 0 aliphatic heterocycles. The van der Waals surface area contributed by atoms with Crippen molar-refractivity contribution in [2.24, 2.45) is 5.73 Å². The van der Waals surface area contributed by atoms with Crippen molar-refractivity contribution in [2.45, 2.75) is 57.5 Å². The Morgan fingerprint density at radius 1 is 1.32 bits per heavy atom. The zero-order chi connectivity index (χ0) is 15.7. The normalized spacial score (nSPS) is 17.1. The summed E-state index contributed by atoms with van der Waals surface area (Å²) in [5.74, 6) is 0.750. The second kappa shape index (κ2) is 6.88. The van der Waals surface area contributed by atoms with Crippen molar-refractivity contribution >= 4 is 18.3 Å². The minimum absolute atomic E-state index is 0.